The van der Waals surface area contributed by atoms with Crippen LogP contribution in [0.2, 0.25) is 0 Å². The Labute approximate surface area is 230 Å². The molecule has 0 atom stereocenters. The van der Waals surface area contributed by atoms with Gasteiger partial charge in [-0.25, -0.2) is 9.67 Å². The number of fused-ring (bicyclic) bond motifs is 1. The number of pyridine rings is 1. The zero-order valence-electron chi connectivity index (χ0n) is 23.2. The van der Waals surface area contributed by atoms with Crippen molar-refractivity contribution in [2.24, 2.45) is 5.16 Å². The molecule has 1 aliphatic carbocycles. The molecule has 1 saturated carbocycles. The van der Waals surface area contributed by atoms with Crippen molar-refractivity contribution < 1.29 is 14.4 Å². The number of nitrogens with one attached hydrogen (secondary N) is 1. The predicted molar refractivity (Wildman–Crippen MR) is 150 cm³/mol. The van der Waals surface area contributed by atoms with Gasteiger partial charge in [-0.1, -0.05) is 24.4 Å². The summed E-state index contributed by atoms with van der Waals surface area (Å²) in [5, 5.41) is 13.8. The molecule has 0 aromatic carbocycles. The van der Waals surface area contributed by atoms with E-state index in [1.807, 2.05) is 26.9 Å². The monoisotopic (exact) mass is 535 g/mol. The molecule has 10 nitrogen and oxygen atoms in total. The van der Waals surface area contributed by atoms with Crippen molar-refractivity contribution in [3.63, 3.8) is 0 Å². The minimum Gasteiger partial charge on any atom is -0.381 e. The van der Waals surface area contributed by atoms with Gasteiger partial charge in [0, 0.05) is 50.5 Å². The summed E-state index contributed by atoms with van der Waals surface area (Å²) in [6.07, 6.45) is 15.7. The molecule has 4 aliphatic rings. The summed E-state index contributed by atoms with van der Waals surface area (Å²) < 4.78 is 1.89. The van der Waals surface area contributed by atoms with Crippen molar-refractivity contribution in [2.75, 3.05) is 31.5 Å². The van der Waals surface area contributed by atoms with Gasteiger partial charge in [-0.15, -0.1) is 0 Å². The number of hydrogen-bond donors (Lipinski definition) is 1. The first-order valence-corrected chi connectivity index (χ1v) is 15.1. The van der Waals surface area contributed by atoms with Crippen molar-refractivity contribution in [1.29, 1.82) is 0 Å². The molecule has 2 saturated heterocycles. The molecule has 5 heterocycles. The molecular weight excluding hydrogens is 494 g/mol. The van der Waals surface area contributed by atoms with Crippen LogP contribution in [0.3, 0.4) is 0 Å². The van der Waals surface area contributed by atoms with Gasteiger partial charge in [0.25, 0.3) is 17.4 Å². The molecule has 0 spiro atoms. The first kappa shape index (κ1) is 26.1. The van der Waals surface area contributed by atoms with Crippen molar-refractivity contribution in [3.8, 4) is 0 Å². The lowest BCUT2D eigenvalue weighted by Gasteiger charge is -2.37. The maximum Gasteiger partial charge on any atom is 0.297 e. The number of aromatic nitrogens is 3. The summed E-state index contributed by atoms with van der Waals surface area (Å²) >= 11 is 0. The van der Waals surface area contributed by atoms with Crippen LogP contribution in [0.15, 0.2) is 17.5 Å². The minimum absolute atomic E-state index is 0.117. The molecule has 3 fully saturated rings. The van der Waals surface area contributed by atoms with Gasteiger partial charge in [-0.2, -0.15) is 5.10 Å². The molecule has 39 heavy (non-hydrogen) atoms. The zero-order valence-corrected chi connectivity index (χ0v) is 23.2. The molecule has 0 radical (unpaired) electrons. The topological polar surface area (TPSA) is 105 Å². The quantitative estimate of drug-likeness (QED) is 0.559. The number of carbonyl (C=O) groups is 2. The van der Waals surface area contributed by atoms with E-state index >= 15 is 0 Å². The SMILES string of the molecule is CCn1ncc2c(NC3CCCCC3)c(C3=NOC(C(=O)N4CCCCC4)(C(=O)N4CCCCC4)C3)cnc21. The molecule has 210 valence electrons. The lowest BCUT2D eigenvalue weighted by molar-refractivity contribution is -0.172. The van der Waals surface area contributed by atoms with E-state index in [0.717, 1.165) is 80.2 Å². The molecule has 2 aromatic heterocycles. The molecular formula is C29H41N7O3. The van der Waals surface area contributed by atoms with Crippen molar-refractivity contribution >= 4 is 34.2 Å². The largest absolute Gasteiger partial charge is 0.381 e. The third-order valence-electron chi connectivity index (χ3n) is 8.94. The smallest absolute Gasteiger partial charge is 0.297 e. The summed E-state index contributed by atoms with van der Waals surface area (Å²) in [6, 6.07) is 0.353. The van der Waals surface area contributed by atoms with E-state index in [-0.39, 0.29) is 18.2 Å². The Hall–Kier alpha value is -3.17. The number of carbonyl (C=O) groups excluding carboxylic acids is 2. The van der Waals surface area contributed by atoms with Gasteiger partial charge in [-0.3, -0.25) is 9.59 Å². The fourth-order valence-corrected chi connectivity index (χ4v) is 6.69. The van der Waals surface area contributed by atoms with Gasteiger partial charge in [0.1, 0.15) is 0 Å². The average Bonchev–Trinajstić information content (AvgIpc) is 3.64. The van der Waals surface area contributed by atoms with Crippen LogP contribution in [0.5, 0.6) is 0 Å². The van der Waals surface area contributed by atoms with Gasteiger partial charge >= 0.3 is 0 Å². The Balaban J connectivity index is 1.36. The Morgan fingerprint density at radius 2 is 1.54 bits per heavy atom. The van der Waals surface area contributed by atoms with E-state index in [1.165, 1.54) is 19.3 Å². The van der Waals surface area contributed by atoms with Gasteiger partial charge in [0.2, 0.25) is 0 Å². The van der Waals surface area contributed by atoms with E-state index in [1.54, 1.807) is 0 Å². The van der Waals surface area contributed by atoms with E-state index in [2.05, 4.69) is 22.5 Å². The maximum absolute atomic E-state index is 14.1. The third-order valence-corrected chi connectivity index (χ3v) is 8.94. The third kappa shape index (κ3) is 4.87. The number of aryl methyl sites for hydroxylation is 1. The van der Waals surface area contributed by atoms with Crippen LogP contribution < -0.4 is 5.32 Å². The van der Waals surface area contributed by atoms with Crippen molar-refractivity contribution in [2.45, 2.75) is 102 Å². The van der Waals surface area contributed by atoms with E-state index in [9.17, 15) is 9.59 Å². The molecule has 1 N–H and O–H groups in total. The van der Waals surface area contributed by atoms with Crippen LogP contribution >= 0.6 is 0 Å². The summed E-state index contributed by atoms with van der Waals surface area (Å²) in [5.74, 6) is -0.489. The highest BCUT2D eigenvalue weighted by atomic mass is 16.7. The predicted octanol–water partition coefficient (Wildman–Crippen LogP) is 4.08. The molecule has 10 heteroatoms. The number of rotatable bonds is 6. The van der Waals surface area contributed by atoms with E-state index < -0.39 is 5.60 Å². The highest BCUT2D eigenvalue weighted by molar-refractivity contribution is 6.18. The summed E-state index contributed by atoms with van der Waals surface area (Å²) in [6.45, 7) is 5.41. The number of amides is 2. The fourth-order valence-electron chi connectivity index (χ4n) is 6.69. The number of nitrogens with zero attached hydrogens (tertiary/aromatic N) is 6. The Morgan fingerprint density at radius 3 is 2.15 bits per heavy atom. The molecule has 2 aromatic rings. The van der Waals surface area contributed by atoms with Crippen LogP contribution in [0.4, 0.5) is 5.69 Å². The highest BCUT2D eigenvalue weighted by Crippen LogP contribution is 2.37. The second-order valence-electron chi connectivity index (χ2n) is 11.6. The Bertz CT molecular complexity index is 1210. The first-order chi connectivity index (χ1) is 19.1. The van der Waals surface area contributed by atoms with Crippen LogP contribution in [0.25, 0.3) is 11.0 Å². The minimum atomic E-state index is -1.64. The second-order valence-corrected chi connectivity index (χ2v) is 11.6. The number of oxime groups is 1. The van der Waals surface area contributed by atoms with Crippen molar-refractivity contribution in [3.05, 3.63) is 18.0 Å². The zero-order chi connectivity index (χ0) is 26.8. The average molecular weight is 536 g/mol. The van der Waals surface area contributed by atoms with Crippen LogP contribution in [-0.2, 0) is 21.0 Å². The van der Waals surface area contributed by atoms with Gasteiger partial charge in [0.15, 0.2) is 5.65 Å². The van der Waals surface area contributed by atoms with Gasteiger partial charge < -0.3 is 20.0 Å². The molecule has 6 rings (SSSR count). The van der Waals surface area contributed by atoms with Crippen LogP contribution in [-0.4, -0.2) is 79.9 Å². The number of likely N-dealkylation sites (tertiary alicyclic amines) is 2. The lowest BCUT2D eigenvalue weighted by Crippen LogP contribution is -2.60. The Kier molecular flexibility index (Phi) is 7.44. The number of hydrogen-bond acceptors (Lipinski definition) is 7. The lowest BCUT2D eigenvalue weighted by atomic mass is 9.89. The van der Waals surface area contributed by atoms with Gasteiger partial charge in [0.05, 0.1) is 29.4 Å². The van der Waals surface area contributed by atoms with E-state index in [4.69, 9.17) is 9.82 Å². The summed E-state index contributed by atoms with van der Waals surface area (Å²) in [7, 11) is 0. The maximum atomic E-state index is 14.1. The molecule has 2 amide bonds. The highest BCUT2D eigenvalue weighted by Gasteiger charge is 2.57. The second kappa shape index (κ2) is 11.1. The normalized spacial score (nSPS) is 22.0. The molecule has 0 bridgehead atoms. The summed E-state index contributed by atoms with van der Waals surface area (Å²) in [4.78, 5) is 42.6. The van der Waals surface area contributed by atoms with E-state index in [0.29, 0.717) is 37.9 Å². The fraction of sp³-hybridized carbons (Fsp3) is 0.690. The molecule has 3 aliphatic heterocycles. The summed E-state index contributed by atoms with van der Waals surface area (Å²) in [5.41, 5.74) is 1.50. The first-order valence-electron chi connectivity index (χ1n) is 15.1. The number of anilines is 1. The van der Waals surface area contributed by atoms with Crippen LogP contribution in [0.1, 0.15) is 89.5 Å². The molecule has 0 unspecified atom stereocenters. The van der Waals surface area contributed by atoms with Crippen LogP contribution in [0, 0.1) is 0 Å². The van der Waals surface area contributed by atoms with Gasteiger partial charge in [-0.05, 0) is 58.3 Å². The Morgan fingerprint density at radius 1 is 0.923 bits per heavy atom. The van der Waals surface area contributed by atoms with Crippen molar-refractivity contribution in [1.82, 2.24) is 24.6 Å². The standard InChI is InChI=1S/C29H41N7O3/c1-2-36-26-23(20-31-36)25(32-21-12-6-3-7-13-21)22(19-30-26)24-18-29(39-33-24,27(37)34-14-8-4-9-15-34)28(38)35-16-10-5-11-17-35/h19-21H,2-18H2,1H3,(H,30,32). The number of piperidine rings is 2.